The number of thiazole rings is 1. The van der Waals surface area contributed by atoms with Crippen LogP contribution in [0.3, 0.4) is 0 Å². The molecule has 0 atom stereocenters. The first-order chi connectivity index (χ1) is 18.7. The summed E-state index contributed by atoms with van der Waals surface area (Å²) in [4.78, 5) is 28.5. The molecule has 0 aliphatic rings. The SMILES string of the molecule is Cn1c(CCCC(=O)Nc2ncc(SCc3ncc(C(C)(C)C)o3)s2)nc2cc(N(CCBr)CCBr)ccc21. The van der Waals surface area contributed by atoms with Crippen molar-refractivity contribution < 1.29 is 9.21 Å². The second kappa shape index (κ2) is 13.6. The third-order valence-corrected chi connectivity index (χ3v) is 9.00. The molecule has 0 radical (unpaired) electrons. The van der Waals surface area contributed by atoms with Crippen LogP contribution in [0.1, 0.15) is 51.1 Å². The van der Waals surface area contributed by atoms with E-state index < -0.39 is 0 Å². The second-order valence-corrected chi connectivity index (χ2v) is 14.1. The van der Waals surface area contributed by atoms with Gasteiger partial charge in [0.15, 0.2) is 5.13 Å². The number of hydrogen-bond acceptors (Lipinski definition) is 8. The Morgan fingerprint density at radius 2 is 1.95 bits per heavy atom. The third kappa shape index (κ3) is 8.08. The fourth-order valence-electron chi connectivity index (χ4n) is 4.06. The Labute approximate surface area is 254 Å². The molecular weight excluding hydrogens is 664 g/mol. The van der Waals surface area contributed by atoms with Crippen LogP contribution in [0.4, 0.5) is 10.8 Å². The van der Waals surface area contributed by atoms with Gasteiger partial charge >= 0.3 is 0 Å². The number of aryl methyl sites for hydroxylation is 2. The predicted octanol–water partition coefficient (Wildman–Crippen LogP) is 7.17. The van der Waals surface area contributed by atoms with Crippen LogP contribution in [0.5, 0.6) is 0 Å². The molecule has 0 unspecified atom stereocenters. The van der Waals surface area contributed by atoms with Crippen LogP contribution in [0.2, 0.25) is 0 Å². The van der Waals surface area contributed by atoms with Gasteiger partial charge in [0.25, 0.3) is 0 Å². The number of carbonyl (C=O) groups is 1. The zero-order valence-electron chi connectivity index (χ0n) is 22.7. The summed E-state index contributed by atoms with van der Waals surface area (Å²) in [7, 11) is 2.04. The van der Waals surface area contributed by atoms with Crippen LogP contribution in [0.15, 0.2) is 39.2 Å². The molecular formula is C27H34Br2N6O2S2. The molecule has 0 aliphatic carbocycles. The van der Waals surface area contributed by atoms with Crippen LogP contribution in [0, 0.1) is 0 Å². The van der Waals surface area contributed by atoms with Crippen LogP contribution < -0.4 is 10.2 Å². The number of oxazole rings is 1. The minimum atomic E-state index is -0.0627. The number of nitrogens with one attached hydrogen (secondary N) is 1. The van der Waals surface area contributed by atoms with Gasteiger partial charge in [0, 0.05) is 54.7 Å². The molecule has 4 aromatic rings. The first-order valence-electron chi connectivity index (χ1n) is 12.8. The molecule has 4 rings (SSSR count). The summed E-state index contributed by atoms with van der Waals surface area (Å²) in [5.74, 6) is 3.13. The number of nitrogens with zero attached hydrogens (tertiary/aromatic N) is 5. The average Bonchev–Trinajstić information content (AvgIpc) is 3.62. The van der Waals surface area contributed by atoms with E-state index in [1.54, 1.807) is 24.2 Å². The lowest BCUT2D eigenvalue weighted by molar-refractivity contribution is -0.116. The van der Waals surface area contributed by atoms with E-state index in [-0.39, 0.29) is 11.3 Å². The molecule has 0 saturated heterocycles. The lowest BCUT2D eigenvalue weighted by atomic mass is 9.94. The largest absolute Gasteiger partial charge is 0.444 e. The molecule has 0 bridgehead atoms. The van der Waals surface area contributed by atoms with Gasteiger partial charge in [0.05, 0.1) is 33.4 Å². The second-order valence-electron chi connectivity index (χ2n) is 10.2. The van der Waals surface area contributed by atoms with E-state index in [2.05, 4.69) is 95.6 Å². The number of alkyl halides is 2. The first-order valence-corrected chi connectivity index (χ1v) is 16.9. The highest BCUT2D eigenvalue weighted by atomic mass is 79.9. The van der Waals surface area contributed by atoms with Gasteiger partial charge in [-0.25, -0.2) is 15.0 Å². The lowest BCUT2D eigenvalue weighted by Crippen LogP contribution is -2.27. The smallest absolute Gasteiger partial charge is 0.226 e. The molecule has 0 spiro atoms. The van der Waals surface area contributed by atoms with Crippen molar-refractivity contribution in [2.75, 3.05) is 34.0 Å². The van der Waals surface area contributed by atoms with Crippen molar-refractivity contribution in [3.63, 3.8) is 0 Å². The number of hydrogen-bond donors (Lipinski definition) is 1. The Morgan fingerprint density at radius 3 is 2.64 bits per heavy atom. The van der Waals surface area contributed by atoms with Crippen molar-refractivity contribution in [1.82, 2.24) is 19.5 Å². The fourth-order valence-corrected chi connectivity index (χ4v) is 6.66. The molecule has 3 heterocycles. The van der Waals surface area contributed by atoms with E-state index >= 15 is 0 Å². The molecule has 0 aliphatic heterocycles. The minimum Gasteiger partial charge on any atom is -0.444 e. The minimum absolute atomic E-state index is 0.0374. The van der Waals surface area contributed by atoms with E-state index in [0.717, 1.165) is 57.0 Å². The normalized spacial score (nSPS) is 11.8. The van der Waals surface area contributed by atoms with E-state index in [4.69, 9.17) is 9.40 Å². The van der Waals surface area contributed by atoms with Gasteiger partial charge in [-0.15, -0.1) is 11.8 Å². The third-order valence-electron chi connectivity index (χ3n) is 6.20. The molecule has 0 saturated carbocycles. The standard InChI is InChI=1S/C27H34Br2N6O2S2/c1-27(2,3)21-15-30-24(37-21)17-38-25-16-31-26(39-25)33-23(36)7-5-6-22-32-19-14-18(8-9-20(19)34(22)4)35(12-10-28)13-11-29/h8-9,14-16H,5-7,10-13,17H2,1-4H3,(H,31,33,36). The van der Waals surface area contributed by atoms with Crippen molar-refractivity contribution in [3.8, 4) is 0 Å². The van der Waals surface area contributed by atoms with E-state index in [9.17, 15) is 4.79 Å². The predicted molar refractivity (Wildman–Crippen MR) is 169 cm³/mol. The highest BCUT2D eigenvalue weighted by molar-refractivity contribution is 9.09. The molecule has 39 heavy (non-hydrogen) atoms. The van der Waals surface area contributed by atoms with Crippen molar-refractivity contribution in [2.45, 2.75) is 55.4 Å². The van der Waals surface area contributed by atoms with Crippen LogP contribution >= 0.6 is 55.0 Å². The summed E-state index contributed by atoms with van der Waals surface area (Å²) in [5, 5.41) is 5.36. The molecule has 12 heteroatoms. The number of anilines is 2. The van der Waals surface area contributed by atoms with Gasteiger partial charge in [-0.05, 0) is 24.6 Å². The van der Waals surface area contributed by atoms with Crippen LogP contribution in [-0.2, 0) is 29.4 Å². The van der Waals surface area contributed by atoms with Crippen molar-refractivity contribution in [3.05, 3.63) is 48.1 Å². The van der Waals surface area contributed by atoms with Crippen LogP contribution in [0.25, 0.3) is 11.0 Å². The number of benzene rings is 1. The van der Waals surface area contributed by atoms with Gasteiger partial charge in [-0.1, -0.05) is 64.0 Å². The molecule has 3 aromatic heterocycles. The molecule has 8 nitrogen and oxygen atoms in total. The Kier molecular flexibility index (Phi) is 10.5. The monoisotopic (exact) mass is 696 g/mol. The topological polar surface area (TPSA) is 89.1 Å². The van der Waals surface area contributed by atoms with Gasteiger partial charge in [0.1, 0.15) is 11.6 Å². The maximum Gasteiger partial charge on any atom is 0.226 e. The van der Waals surface area contributed by atoms with E-state index in [0.29, 0.717) is 29.6 Å². The summed E-state index contributed by atoms with van der Waals surface area (Å²) >= 11 is 10.2. The summed E-state index contributed by atoms with van der Waals surface area (Å²) in [5.41, 5.74) is 3.19. The Hall–Kier alpha value is -1.89. The molecule has 210 valence electrons. The van der Waals surface area contributed by atoms with Crippen LogP contribution in [-0.4, -0.2) is 49.2 Å². The maximum atomic E-state index is 12.6. The number of amides is 1. The summed E-state index contributed by atoms with van der Waals surface area (Å²) in [6.45, 7) is 8.17. The Balaban J connectivity index is 1.26. The summed E-state index contributed by atoms with van der Waals surface area (Å²) in [6, 6.07) is 6.44. The van der Waals surface area contributed by atoms with E-state index in [1.165, 1.54) is 17.0 Å². The summed E-state index contributed by atoms with van der Waals surface area (Å²) < 4.78 is 8.98. The molecule has 1 amide bonds. The highest BCUT2D eigenvalue weighted by Gasteiger charge is 2.19. The van der Waals surface area contributed by atoms with E-state index in [1.807, 2.05) is 7.05 Å². The Morgan fingerprint density at radius 1 is 1.18 bits per heavy atom. The number of fused-ring (bicyclic) bond motifs is 1. The first kappa shape index (κ1) is 30.1. The zero-order chi connectivity index (χ0) is 28.0. The Bertz CT molecular complexity index is 1390. The number of imidazole rings is 1. The average molecular weight is 699 g/mol. The number of aromatic nitrogens is 4. The van der Waals surface area contributed by atoms with Crippen molar-refractivity contribution in [1.29, 1.82) is 0 Å². The maximum absolute atomic E-state index is 12.6. The highest BCUT2D eigenvalue weighted by Crippen LogP contribution is 2.32. The molecule has 1 aromatic carbocycles. The number of halogens is 2. The van der Waals surface area contributed by atoms with Crippen molar-refractivity contribution in [2.24, 2.45) is 7.05 Å². The zero-order valence-corrected chi connectivity index (χ0v) is 27.5. The number of thioether (sulfide) groups is 1. The van der Waals surface area contributed by atoms with Gasteiger partial charge < -0.3 is 19.2 Å². The fraction of sp³-hybridized carbons (Fsp3) is 0.481. The quantitative estimate of drug-likeness (QED) is 0.117. The number of carbonyl (C=O) groups excluding carboxylic acids is 1. The molecule has 1 N–H and O–H groups in total. The molecule has 0 fully saturated rings. The lowest BCUT2D eigenvalue weighted by Gasteiger charge is -2.22. The van der Waals surface area contributed by atoms with Gasteiger partial charge in [0.2, 0.25) is 11.8 Å². The van der Waals surface area contributed by atoms with Gasteiger partial charge in [-0.3, -0.25) is 4.79 Å². The number of rotatable bonds is 13. The van der Waals surface area contributed by atoms with Gasteiger partial charge in [-0.2, -0.15) is 0 Å². The summed E-state index contributed by atoms with van der Waals surface area (Å²) in [6.07, 6.45) is 5.43. The van der Waals surface area contributed by atoms with Crippen molar-refractivity contribution >= 4 is 82.7 Å².